The number of ether oxygens (including phenoxy) is 2. The molecule has 2 N–H and O–H groups in total. The molecule has 8 nitrogen and oxygen atoms in total. The molecule has 0 bridgehead atoms. The van der Waals surface area contributed by atoms with E-state index in [4.69, 9.17) is 21.1 Å². The topological polar surface area (TPSA) is 102 Å². The van der Waals surface area contributed by atoms with Crippen molar-refractivity contribution in [3.63, 3.8) is 0 Å². The molecule has 0 radical (unpaired) electrons. The van der Waals surface area contributed by atoms with Crippen LogP contribution in [-0.4, -0.2) is 49.6 Å². The van der Waals surface area contributed by atoms with E-state index in [2.05, 4.69) is 20.6 Å². The summed E-state index contributed by atoms with van der Waals surface area (Å²) in [5, 5.41) is 7.67. The maximum atomic E-state index is 13.4. The number of hydrogen-bond donors (Lipinski definition) is 2. The summed E-state index contributed by atoms with van der Waals surface area (Å²) in [5.41, 5.74) is 3.07. The van der Waals surface area contributed by atoms with Crippen molar-refractivity contribution < 1.29 is 22.3 Å². The minimum Gasteiger partial charge on any atom is -0.488 e. The molecule has 208 valence electrons. The summed E-state index contributed by atoms with van der Waals surface area (Å²) in [6.45, 7) is 1.14. The highest BCUT2D eigenvalue weighted by Crippen LogP contribution is 2.33. The van der Waals surface area contributed by atoms with Crippen LogP contribution >= 0.6 is 11.6 Å². The van der Waals surface area contributed by atoms with Crippen molar-refractivity contribution in [3.05, 3.63) is 95.0 Å². The third-order valence-corrected chi connectivity index (χ3v) is 7.52. The Morgan fingerprint density at radius 1 is 1.12 bits per heavy atom. The number of aromatic nitrogens is 2. The molecule has 1 aliphatic heterocycles. The molecule has 1 aromatic heterocycles. The minimum atomic E-state index is -3.00. The van der Waals surface area contributed by atoms with E-state index in [-0.39, 0.29) is 24.3 Å². The maximum absolute atomic E-state index is 13.4. The fourth-order valence-corrected chi connectivity index (χ4v) is 5.03. The third-order valence-electron chi connectivity index (χ3n) is 6.28. The van der Waals surface area contributed by atoms with Gasteiger partial charge in [-0.2, -0.15) is 0 Å². The van der Waals surface area contributed by atoms with Crippen molar-refractivity contribution in [3.8, 4) is 5.75 Å². The zero-order valence-electron chi connectivity index (χ0n) is 21.7. The fraction of sp³-hybridized carbons (Fsp3) is 0.241. The van der Waals surface area contributed by atoms with Gasteiger partial charge in [-0.1, -0.05) is 23.7 Å². The molecular formula is C29H28ClFN4O4S. The molecule has 0 saturated carbocycles. The first-order chi connectivity index (χ1) is 19.2. The minimum absolute atomic E-state index is 0.0707. The number of rotatable bonds is 11. The molecule has 5 rings (SSSR count). The van der Waals surface area contributed by atoms with Crippen LogP contribution in [0, 0.1) is 5.82 Å². The third kappa shape index (κ3) is 7.26. The Hall–Kier alpha value is -3.73. The molecule has 0 saturated heterocycles. The number of benzene rings is 3. The van der Waals surface area contributed by atoms with Crippen LogP contribution in [0.25, 0.3) is 16.7 Å². The second kappa shape index (κ2) is 12.2. The molecule has 0 amide bonds. The van der Waals surface area contributed by atoms with Crippen LogP contribution in [0.5, 0.6) is 5.75 Å². The molecule has 2 heterocycles. The van der Waals surface area contributed by atoms with E-state index in [9.17, 15) is 12.8 Å². The van der Waals surface area contributed by atoms with Gasteiger partial charge < -0.3 is 20.1 Å². The van der Waals surface area contributed by atoms with E-state index in [0.717, 1.165) is 28.6 Å². The van der Waals surface area contributed by atoms with Crippen molar-refractivity contribution in [2.45, 2.75) is 19.1 Å². The summed E-state index contributed by atoms with van der Waals surface area (Å²) in [6, 6.07) is 17.4. The first-order valence-electron chi connectivity index (χ1n) is 12.7. The summed E-state index contributed by atoms with van der Waals surface area (Å²) in [4.78, 5) is 8.82. The zero-order chi connectivity index (χ0) is 28.1. The quantitative estimate of drug-likeness (QED) is 0.223. The molecule has 1 unspecified atom stereocenters. The van der Waals surface area contributed by atoms with Gasteiger partial charge in [-0.05, 0) is 60.2 Å². The van der Waals surface area contributed by atoms with Crippen LogP contribution in [0.3, 0.4) is 0 Å². The van der Waals surface area contributed by atoms with Gasteiger partial charge >= 0.3 is 0 Å². The Morgan fingerprint density at radius 3 is 2.80 bits per heavy atom. The molecule has 40 heavy (non-hydrogen) atoms. The number of fused-ring (bicyclic) bond motifs is 1. The van der Waals surface area contributed by atoms with Crippen LogP contribution in [0.2, 0.25) is 5.02 Å². The van der Waals surface area contributed by atoms with E-state index in [0.29, 0.717) is 40.9 Å². The first-order valence-corrected chi connectivity index (χ1v) is 15.1. The number of hydrogen-bond acceptors (Lipinski definition) is 8. The van der Waals surface area contributed by atoms with Gasteiger partial charge in [0.25, 0.3) is 0 Å². The SMILES string of the molecule is CS(=O)(=O)CCNCC1CC=C(c2ccc3ncnc(Nc4ccc(OCc5cccc(F)c5)c(Cl)c4)c3c2)O1. The van der Waals surface area contributed by atoms with Crippen molar-refractivity contribution in [2.24, 2.45) is 0 Å². The Morgan fingerprint density at radius 2 is 2.00 bits per heavy atom. The van der Waals surface area contributed by atoms with Gasteiger partial charge in [0.15, 0.2) is 0 Å². The van der Waals surface area contributed by atoms with Crippen molar-refractivity contribution >= 4 is 49.6 Å². The molecule has 3 aromatic carbocycles. The largest absolute Gasteiger partial charge is 0.488 e. The maximum Gasteiger partial charge on any atom is 0.148 e. The van der Waals surface area contributed by atoms with Crippen LogP contribution in [0.15, 0.2) is 73.1 Å². The van der Waals surface area contributed by atoms with Crippen molar-refractivity contribution in [1.82, 2.24) is 15.3 Å². The smallest absolute Gasteiger partial charge is 0.148 e. The lowest BCUT2D eigenvalue weighted by Gasteiger charge is -2.15. The number of halogens is 2. The van der Waals surface area contributed by atoms with E-state index < -0.39 is 9.84 Å². The van der Waals surface area contributed by atoms with Crippen LogP contribution in [-0.2, 0) is 21.2 Å². The van der Waals surface area contributed by atoms with Gasteiger partial charge in [-0.15, -0.1) is 0 Å². The number of anilines is 2. The zero-order valence-corrected chi connectivity index (χ0v) is 23.3. The van der Waals surface area contributed by atoms with Crippen molar-refractivity contribution in [1.29, 1.82) is 0 Å². The van der Waals surface area contributed by atoms with E-state index in [1.165, 1.54) is 24.7 Å². The van der Waals surface area contributed by atoms with Crippen LogP contribution in [0.1, 0.15) is 17.5 Å². The monoisotopic (exact) mass is 582 g/mol. The second-order valence-electron chi connectivity index (χ2n) is 9.52. The number of nitrogens with one attached hydrogen (secondary N) is 2. The Bertz CT molecular complexity index is 1670. The molecule has 1 atom stereocenters. The predicted molar refractivity (Wildman–Crippen MR) is 155 cm³/mol. The second-order valence-corrected chi connectivity index (χ2v) is 12.2. The van der Waals surface area contributed by atoms with Crippen LogP contribution < -0.4 is 15.4 Å². The average molecular weight is 583 g/mol. The molecule has 0 aliphatic carbocycles. The highest BCUT2D eigenvalue weighted by molar-refractivity contribution is 7.90. The molecule has 11 heteroatoms. The van der Waals surface area contributed by atoms with Gasteiger partial charge in [-0.3, -0.25) is 0 Å². The lowest BCUT2D eigenvalue weighted by Crippen LogP contribution is -2.30. The van der Waals surface area contributed by atoms with Crippen molar-refractivity contribution in [2.75, 3.05) is 30.4 Å². The average Bonchev–Trinajstić information content (AvgIpc) is 3.39. The molecular weight excluding hydrogens is 555 g/mol. The van der Waals surface area contributed by atoms with Gasteiger partial charge in [0.05, 0.1) is 16.3 Å². The van der Waals surface area contributed by atoms with Gasteiger partial charge in [0, 0.05) is 42.4 Å². The number of nitrogens with zero attached hydrogens (tertiary/aromatic N) is 2. The lowest BCUT2D eigenvalue weighted by molar-refractivity contribution is 0.188. The Labute approximate surface area is 237 Å². The molecule has 0 fully saturated rings. The lowest BCUT2D eigenvalue weighted by atomic mass is 10.1. The Balaban J connectivity index is 1.25. The summed E-state index contributed by atoms with van der Waals surface area (Å²) >= 11 is 6.47. The standard InChI is InChI=1S/C29H28ClFN4O4S/c1-40(36,37)12-11-32-16-23-7-10-27(39-23)20-5-8-26-24(14-20)29(34-18-33-26)35-22-6-9-28(25(30)15-22)38-17-19-3-2-4-21(31)13-19/h2-6,8-10,13-15,18,23,32H,7,11-12,16-17H2,1H3,(H,33,34,35). The number of sulfone groups is 1. The molecule has 0 spiro atoms. The summed E-state index contributed by atoms with van der Waals surface area (Å²) < 4.78 is 47.9. The first kappa shape index (κ1) is 27.8. The molecule has 4 aromatic rings. The fourth-order valence-electron chi connectivity index (χ4n) is 4.28. The summed E-state index contributed by atoms with van der Waals surface area (Å²) in [7, 11) is -3.00. The van der Waals surface area contributed by atoms with Gasteiger partial charge in [0.1, 0.15) is 52.0 Å². The van der Waals surface area contributed by atoms with Gasteiger partial charge in [0.2, 0.25) is 0 Å². The van der Waals surface area contributed by atoms with Crippen LogP contribution in [0.4, 0.5) is 15.9 Å². The highest BCUT2D eigenvalue weighted by Gasteiger charge is 2.20. The van der Waals surface area contributed by atoms with Gasteiger partial charge in [-0.25, -0.2) is 22.8 Å². The van der Waals surface area contributed by atoms with E-state index >= 15 is 0 Å². The summed E-state index contributed by atoms with van der Waals surface area (Å²) in [5.74, 6) is 1.62. The normalized spacial score (nSPS) is 15.1. The predicted octanol–water partition coefficient (Wildman–Crippen LogP) is 5.51. The van der Waals surface area contributed by atoms with E-state index in [1.54, 1.807) is 24.3 Å². The molecule has 1 aliphatic rings. The van der Waals surface area contributed by atoms with E-state index in [1.807, 2.05) is 30.3 Å². The Kier molecular flexibility index (Phi) is 8.49. The highest BCUT2D eigenvalue weighted by atomic mass is 35.5. The summed E-state index contributed by atoms with van der Waals surface area (Å²) in [6.07, 6.45) is 5.40.